The molecule has 1 aromatic carbocycles. The zero-order valence-corrected chi connectivity index (χ0v) is 8.16. The Labute approximate surface area is 82.0 Å². The third-order valence-corrected chi connectivity index (χ3v) is 2.12. The monoisotopic (exact) mass is 199 g/mol. The number of aliphatic hydroxyl groups excluding tert-OH is 1. The summed E-state index contributed by atoms with van der Waals surface area (Å²) in [6.45, 7) is 3.12. The van der Waals surface area contributed by atoms with Crippen molar-refractivity contribution in [3.63, 3.8) is 0 Å². The molecule has 0 radical (unpaired) electrons. The van der Waals surface area contributed by atoms with E-state index in [0.29, 0.717) is 5.56 Å². The number of benzene rings is 1. The first-order chi connectivity index (χ1) is 6.43. The molecule has 78 valence electrons. The molecule has 0 aromatic heterocycles. The van der Waals surface area contributed by atoms with Gasteiger partial charge in [0.05, 0.1) is 6.10 Å². The second kappa shape index (κ2) is 3.94. The number of rotatable bonds is 2. The van der Waals surface area contributed by atoms with E-state index in [-0.39, 0.29) is 11.3 Å². The zero-order valence-electron chi connectivity index (χ0n) is 8.16. The summed E-state index contributed by atoms with van der Waals surface area (Å²) in [6.07, 6.45) is -1.05. The number of halogens is 1. The third kappa shape index (κ3) is 2.02. The minimum Gasteiger partial charge on any atom is -0.508 e. The Morgan fingerprint density at radius 3 is 2.50 bits per heavy atom. The molecule has 4 N–H and O–H groups in total. The second-order valence-corrected chi connectivity index (χ2v) is 3.46. The van der Waals surface area contributed by atoms with Crippen molar-refractivity contribution in [2.45, 2.75) is 26.0 Å². The number of hydrogen-bond acceptors (Lipinski definition) is 3. The standard InChI is InChI=1S/C10H14FNO2/c1-5-3-9(13)7(4-8(5)11)10(14)6(2)12/h3-4,6,10,13-14H,12H2,1-2H3. The number of phenols is 1. The molecule has 0 bridgehead atoms. The van der Waals surface area contributed by atoms with Crippen LogP contribution in [0.25, 0.3) is 0 Å². The molecule has 1 aromatic rings. The van der Waals surface area contributed by atoms with Crippen molar-refractivity contribution in [1.29, 1.82) is 0 Å². The summed E-state index contributed by atoms with van der Waals surface area (Å²) < 4.78 is 13.1. The van der Waals surface area contributed by atoms with E-state index in [2.05, 4.69) is 0 Å². The van der Waals surface area contributed by atoms with Crippen molar-refractivity contribution < 1.29 is 14.6 Å². The van der Waals surface area contributed by atoms with Gasteiger partial charge < -0.3 is 15.9 Å². The fourth-order valence-electron chi connectivity index (χ4n) is 1.20. The maximum absolute atomic E-state index is 13.1. The molecule has 4 heteroatoms. The molecule has 0 aliphatic carbocycles. The van der Waals surface area contributed by atoms with Gasteiger partial charge in [-0.3, -0.25) is 0 Å². The van der Waals surface area contributed by atoms with E-state index < -0.39 is 18.0 Å². The molecule has 2 unspecified atom stereocenters. The molecule has 0 heterocycles. The van der Waals surface area contributed by atoms with Crippen molar-refractivity contribution >= 4 is 0 Å². The summed E-state index contributed by atoms with van der Waals surface area (Å²) in [6, 6.07) is 1.83. The Balaban J connectivity index is 3.15. The van der Waals surface area contributed by atoms with Crippen LogP contribution < -0.4 is 5.73 Å². The number of aromatic hydroxyl groups is 1. The van der Waals surface area contributed by atoms with Crippen LogP contribution in [-0.2, 0) is 0 Å². The number of nitrogens with two attached hydrogens (primary N) is 1. The topological polar surface area (TPSA) is 66.5 Å². The lowest BCUT2D eigenvalue weighted by molar-refractivity contribution is 0.149. The Hall–Kier alpha value is -1.13. The van der Waals surface area contributed by atoms with Crippen LogP contribution in [0.1, 0.15) is 24.2 Å². The van der Waals surface area contributed by atoms with Crippen LogP contribution >= 0.6 is 0 Å². The zero-order chi connectivity index (χ0) is 10.9. The Kier molecular flexibility index (Phi) is 3.08. The van der Waals surface area contributed by atoms with Gasteiger partial charge in [0.25, 0.3) is 0 Å². The van der Waals surface area contributed by atoms with Gasteiger partial charge in [0.1, 0.15) is 11.6 Å². The first-order valence-electron chi connectivity index (χ1n) is 4.36. The molecule has 0 aliphatic heterocycles. The fourth-order valence-corrected chi connectivity index (χ4v) is 1.20. The van der Waals surface area contributed by atoms with Gasteiger partial charge in [0.15, 0.2) is 0 Å². The van der Waals surface area contributed by atoms with E-state index in [0.717, 1.165) is 6.07 Å². The average Bonchev–Trinajstić information content (AvgIpc) is 2.10. The molecule has 0 fully saturated rings. The van der Waals surface area contributed by atoms with Crippen molar-refractivity contribution in [3.05, 3.63) is 29.1 Å². The van der Waals surface area contributed by atoms with E-state index in [1.807, 2.05) is 0 Å². The summed E-state index contributed by atoms with van der Waals surface area (Å²) >= 11 is 0. The van der Waals surface area contributed by atoms with Crippen LogP contribution in [0.15, 0.2) is 12.1 Å². The Morgan fingerprint density at radius 1 is 1.43 bits per heavy atom. The summed E-state index contributed by atoms with van der Waals surface area (Å²) in [7, 11) is 0. The minimum atomic E-state index is -1.05. The van der Waals surface area contributed by atoms with Crippen LogP contribution in [0.5, 0.6) is 5.75 Å². The SMILES string of the molecule is Cc1cc(O)c(C(O)C(C)N)cc1F. The average molecular weight is 199 g/mol. The van der Waals surface area contributed by atoms with Crippen LogP contribution in [-0.4, -0.2) is 16.3 Å². The highest BCUT2D eigenvalue weighted by molar-refractivity contribution is 5.38. The summed E-state index contributed by atoms with van der Waals surface area (Å²) in [5.41, 5.74) is 5.91. The molecule has 3 nitrogen and oxygen atoms in total. The molecule has 0 saturated heterocycles. The normalized spacial score (nSPS) is 15.2. The van der Waals surface area contributed by atoms with Crippen molar-refractivity contribution in [2.24, 2.45) is 5.73 Å². The van der Waals surface area contributed by atoms with Crippen molar-refractivity contribution in [2.75, 3.05) is 0 Å². The van der Waals surface area contributed by atoms with Crippen LogP contribution in [0, 0.1) is 12.7 Å². The predicted octanol–water partition coefficient (Wildman–Crippen LogP) is 1.22. The minimum absolute atomic E-state index is 0.128. The van der Waals surface area contributed by atoms with Gasteiger partial charge in [-0.1, -0.05) is 0 Å². The predicted molar refractivity (Wildman–Crippen MR) is 51.4 cm³/mol. The first-order valence-corrected chi connectivity index (χ1v) is 4.36. The lowest BCUT2D eigenvalue weighted by Gasteiger charge is -2.16. The van der Waals surface area contributed by atoms with Gasteiger partial charge >= 0.3 is 0 Å². The van der Waals surface area contributed by atoms with E-state index in [1.54, 1.807) is 6.92 Å². The highest BCUT2D eigenvalue weighted by Gasteiger charge is 2.18. The Morgan fingerprint density at radius 2 is 2.00 bits per heavy atom. The van der Waals surface area contributed by atoms with Crippen LogP contribution in [0.3, 0.4) is 0 Å². The van der Waals surface area contributed by atoms with E-state index in [9.17, 15) is 14.6 Å². The molecule has 1 rings (SSSR count). The van der Waals surface area contributed by atoms with Gasteiger partial charge in [0, 0.05) is 11.6 Å². The smallest absolute Gasteiger partial charge is 0.126 e. The van der Waals surface area contributed by atoms with E-state index >= 15 is 0 Å². The third-order valence-electron chi connectivity index (χ3n) is 2.12. The molecule has 2 atom stereocenters. The van der Waals surface area contributed by atoms with Gasteiger partial charge in [-0.05, 0) is 31.5 Å². The maximum Gasteiger partial charge on any atom is 0.126 e. The van der Waals surface area contributed by atoms with Crippen molar-refractivity contribution in [3.8, 4) is 5.75 Å². The lowest BCUT2D eigenvalue weighted by atomic mass is 10.0. The molecule has 0 saturated carbocycles. The second-order valence-electron chi connectivity index (χ2n) is 3.46. The quantitative estimate of drug-likeness (QED) is 0.671. The molecular weight excluding hydrogens is 185 g/mol. The van der Waals surface area contributed by atoms with E-state index in [1.165, 1.54) is 13.0 Å². The fraction of sp³-hybridized carbons (Fsp3) is 0.400. The van der Waals surface area contributed by atoms with Gasteiger partial charge in [-0.25, -0.2) is 4.39 Å². The molecule has 0 amide bonds. The van der Waals surface area contributed by atoms with Gasteiger partial charge in [-0.2, -0.15) is 0 Å². The van der Waals surface area contributed by atoms with Crippen LogP contribution in [0.2, 0.25) is 0 Å². The largest absolute Gasteiger partial charge is 0.508 e. The van der Waals surface area contributed by atoms with E-state index in [4.69, 9.17) is 5.73 Å². The molecule has 14 heavy (non-hydrogen) atoms. The molecule has 0 aliphatic rings. The highest BCUT2D eigenvalue weighted by Crippen LogP contribution is 2.28. The number of phenolic OH excluding ortho intramolecular Hbond substituents is 1. The number of aryl methyl sites for hydroxylation is 1. The number of aliphatic hydroxyl groups is 1. The molecule has 0 spiro atoms. The summed E-state index contributed by atoms with van der Waals surface area (Å²) in [4.78, 5) is 0. The van der Waals surface area contributed by atoms with Gasteiger partial charge in [0.2, 0.25) is 0 Å². The van der Waals surface area contributed by atoms with Crippen LogP contribution in [0.4, 0.5) is 4.39 Å². The van der Waals surface area contributed by atoms with Gasteiger partial charge in [-0.15, -0.1) is 0 Å². The summed E-state index contributed by atoms with van der Waals surface area (Å²) in [5.74, 6) is -0.591. The maximum atomic E-state index is 13.1. The first kappa shape index (κ1) is 10.9. The lowest BCUT2D eigenvalue weighted by Crippen LogP contribution is -2.24. The highest BCUT2D eigenvalue weighted by atomic mass is 19.1. The summed E-state index contributed by atoms with van der Waals surface area (Å²) in [5, 5.41) is 19.0. The van der Waals surface area contributed by atoms with Crippen molar-refractivity contribution in [1.82, 2.24) is 0 Å². The number of hydrogen-bond donors (Lipinski definition) is 3. The molecular formula is C10H14FNO2. The Bertz CT molecular complexity index is 339.